The Morgan fingerprint density at radius 3 is 2.00 bits per heavy atom. The van der Waals surface area contributed by atoms with E-state index in [9.17, 15) is 13.6 Å². The van der Waals surface area contributed by atoms with Crippen molar-refractivity contribution in [2.45, 2.75) is 44.2 Å². The van der Waals surface area contributed by atoms with Gasteiger partial charge in [-0.05, 0) is 74.2 Å². The van der Waals surface area contributed by atoms with Gasteiger partial charge in [-0.1, -0.05) is 25.1 Å². The van der Waals surface area contributed by atoms with Crippen LogP contribution in [0, 0.1) is 11.6 Å². The van der Waals surface area contributed by atoms with Gasteiger partial charge in [0, 0.05) is 11.1 Å². The predicted octanol–water partition coefficient (Wildman–Crippen LogP) is 5.29. The Balaban J connectivity index is 1.77. The zero-order chi connectivity index (χ0) is 19.7. The van der Waals surface area contributed by atoms with Crippen molar-refractivity contribution in [1.29, 1.82) is 0 Å². The van der Waals surface area contributed by atoms with Crippen molar-refractivity contribution in [1.82, 2.24) is 4.90 Å². The number of hydrogen-bond acceptors (Lipinski definition) is 3. The van der Waals surface area contributed by atoms with Gasteiger partial charge in [-0.2, -0.15) is 0 Å². The van der Waals surface area contributed by atoms with Gasteiger partial charge in [0.1, 0.15) is 28.0 Å². The second-order valence-electron chi connectivity index (χ2n) is 7.32. The zero-order valence-electron chi connectivity index (χ0n) is 15.3. The van der Waals surface area contributed by atoms with Crippen LogP contribution in [-0.4, -0.2) is 27.2 Å². The highest BCUT2D eigenvalue weighted by Gasteiger charge is 2.48. The lowest BCUT2D eigenvalue weighted by molar-refractivity contribution is 0.0692. The molecular weight excluding hydrogens is 378 g/mol. The molecule has 1 fully saturated rings. The number of halogens is 2. The summed E-state index contributed by atoms with van der Waals surface area (Å²) in [5.74, 6) is -1.00. The third kappa shape index (κ3) is 3.37. The van der Waals surface area contributed by atoms with Crippen molar-refractivity contribution in [3.63, 3.8) is 0 Å². The first kappa shape index (κ1) is 18.9. The first-order valence-corrected chi connectivity index (χ1v) is 9.91. The van der Waals surface area contributed by atoms with Crippen molar-refractivity contribution in [3.05, 3.63) is 71.3 Å². The summed E-state index contributed by atoms with van der Waals surface area (Å²) in [6, 6.07) is 11.5. The summed E-state index contributed by atoms with van der Waals surface area (Å²) in [6.07, 6.45) is 5.55. The van der Waals surface area contributed by atoms with Crippen molar-refractivity contribution in [3.8, 4) is 0 Å². The van der Waals surface area contributed by atoms with Gasteiger partial charge in [-0.15, -0.1) is 0 Å². The lowest BCUT2D eigenvalue weighted by Crippen LogP contribution is -2.49. The summed E-state index contributed by atoms with van der Waals surface area (Å²) in [5, 5.41) is 0. The van der Waals surface area contributed by atoms with E-state index in [1.54, 1.807) is 17.0 Å². The Morgan fingerprint density at radius 2 is 1.43 bits per heavy atom. The molecule has 2 aromatic rings. The highest BCUT2D eigenvalue weighted by atomic mass is 32.1. The Labute approximate surface area is 168 Å². The molecule has 0 saturated heterocycles. The first-order chi connectivity index (χ1) is 13.5. The van der Waals surface area contributed by atoms with E-state index in [0.717, 1.165) is 38.5 Å². The molecule has 144 valence electrons. The zero-order valence-corrected chi connectivity index (χ0v) is 16.1. The molecule has 0 radical (unpaired) electrons. The van der Waals surface area contributed by atoms with Gasteiger partial charge >= 0.3 is 0 Å². The van der Waals surface area contributed by atoms with E-state index in [-0.39, 0.29) is 11.7 Å². The topological polar surface area (TPSA) is 32.7 Å². The molecule has 2 aliphatic rings. The molecule has 0 aromatic heterocycles. The first-order valence-electron chi connectivity index (χ1n) is 9.50. The van der Waals surface area contributed by atoms with Crippen LogP contribution in [0.4, 0.5) is 8.78 Å². The van der Waals surface area contributed by atoms with Crippen LogP contribution in [0.2, 0.25) is 0 Å². The smallest absolute Gasteiger partial charge is 0.260 e. The van der Waals surface area contributed by atoms with E-state index in [1.165, 1.54) is 36.4 Å². The molecule has 1 amide bonds. The molecule has 1 heterocycles. The molecular formula is C22H20F2N2OS. The highest BCUT2D eigenvalue weighted by molar-refractivity contribution is 7.82. The minimum absolute atomic E-state index is 0.271. The fourth-order valence-corrected chi connectivity index (χ4v) is 4.45. The second kappa shape index (κ2) is 7.51. The summed E-state index contributed by atoms with van der Waals surface area (Å²) in [5.41, 5.74) is 0.905. The Morgan fingerprint density at radius 1 is 0.893 bits per heavy atom. The van der Waals surface area contributed by atoms with Gasteiger partial charge in [0.15, 0.2) is 0 Å². The molecule has 1 aliphatic heterocycles. The molecule has 3 nitrogen and oxygen atoms in total. The SMILES string of the molecule is O=C(c1ccc(F)cc1)N1C(=S)C(c2ccc(F)cc2)=NC12CCCCCC2. The molecule has 0 bridgehead atoms. The summed E-state index contributed by atoms with van der Waals surface area (Å²) < 4.78 is 26.7. The number of hydrogen-bond donors (Lipinski definition) is 0. The van der Waals surface area contributed by atoms with Crippen LogP contribution in [0.15, 0.2) is 53.5 Å². The van der Waals surface area contributed by atoms with E-state index >= 15 is 0 Å². The van der Waals surface area contributed by atoms with Crippen LogP contribution in [0.1, 0.15) is 54.4 Å². The van der Waals surface area contributed by atoms with Crippen molar-refractivity contribution >= 4 is 28.8 Å². The van der Waals surface area contributed by atoms with Crippen molar-refractivity contribution < 1.29 is 13.6 Å². The maximum atomic E-state index is 13.4. The summed E-state index contributed by atoms with van der Waals surface area (Å²) in [6.45, 7) is 0. The molecule has 1 aliphatic carbocycles. The van der Waals surface area contributed by atoms with E-state index in [0.29, 0.717) is 21.8 Å². The number of carbonyl (C=O) groups is 1. The fraction of sp³-hybridized carbons (Fsp3) is 0.318. The van der Waals surface area contributed by atoms with Crippen LogP contribution >= 0.6 is 12.2 Å². The summed E-state index contributed by atoms with van der Waals surface area (Å²) in [7, 11) is 0. The van der Waals surface area contributed by atoms with Gasteiger partial charge < -0.3 is 0 Å². The standard InChI is InChI=1S/C22H20F2N2OS/c23-17-9-5-15(6-10-17)19-21(28)26(20(27)16-7-11-18(24)12-8-16)22(25-19)13-3-1-2-4-14-22/h5-12H,1-4,13-14H2. The molecule has 2 aromatic carbocycles. The number of aliphatic imine (C=N–C) groups is 1. The molecule has 4 rings (SSSR count). The normalized spacial score (nSPS) is 18.9. The number of nitrogens with zero attached hydrogens (tertiary/aromatic N) is 2. The van der Waals surface area contributed by atoms with Crippen LogP contribution in [0.3, 0.4) is 0 Å². The molecule has 0 atom stereocenters. The molecule has 0 unspecified atom stereocenters. The lowest BCUT2D eigenvalue weighted by Gasteiger charge is -2.35. The molecule has 0 N–H and O–H groups in total. The van der Waals surface area contributed by atoms with Gasteiger partial charge in [-0.25, -0.2) is 8.78 Å². The van der Waals surface area contributed by atoms with E-state index in [4.69, 9.17) is 17.2 Å². The highest BCUT2D eigenvalue weighted by Crippen LogP contribution is 2.40. The molecule has 1 spiro atoms. The van der Waals surface area contributed by atoms with Gasteiger partial charge in [0.2, 0.25) is 0 Å². The van der Waals surface area contributed by atoms with Gasteiger partial charge in [0.25, 0.3) is 5.91 Å². The monoisotopic (exact) mass is 398 g/mol. The number of carbonyl (C=O) groups excluding carboxylic acids is 1. The van der Waals surface area contributed by atoms with Crippen molar-refractivity contribution in [2.24, 2.45) is 4.99 Å². The van der Waals surface area contributed by atoms with Crippen LogP contribution in [-0.2, 0) is 0 Å². The van der Waals surface area contributed by atoms with Crippen LogP contribution < -0.4 is 0 Å². The molecule has 28 heavy (non-hydrogen) atoms. The maximum Gasteiger partial charge on any atom is 0.260 e. The van der Waals surface area contributed by atoms with Gasteiger partial charge in [0.05, 0.1) is 0 Å². The largest absolute Gasteiger partial charge is 0.271 e. The predicted molar refractivity (Wildman–Crippen MR) is 109 cm³/mol. The van der Waals surface area contributed by atoms with E-state index in [2.05, 4.69) is 0 Å². The number of rotatable bonds is 2. The van der Waals surface area contributed by atoms with E-state index < -0.39 is 11.5 Å². The number of benzene rings is 2. The average molecular weight is 398 g/mol. The molecule has 1 saturated carbocycles. The van der Waals surface area contributed by atoms with E-state index in [1.807, 2.05) is 0 Å². The quantitative estimate of drug-likeness (QED) is 0.644. The Kier molecular flexibility index (Phi) is 5.06. The summed E-state index contributed by atoms with van der Waals surface area (Å²) in [4.78, 5) is 20.3. The van der Waals surface area contributed by atoms with Crippen LogP contribution in [0.25, 0.3) is 0 Å². The average Bonchev–Trinajstić information content (AvgIpc) is 2.83. The number of thiocarbonyl (C=S) groups is 1. The fourth-order valence-electron chi connectivity index (χ4n) is 4.03. The third-order valence-corrected chi connectivity index (χ3v) is 5.83. The lowest BCUT2D eigenvalue weighted by atomic mass is 9.99. The Hall–Kier alpha value is -2.47. The Bertz CT molecular complexity index is 930. The maximum absolute atomic E-state index is 13.4. The third-order valence-electron chi connectivity index (χ3n) is 5.46. The summed E-state index contributed by atoms with van der Waals surface area (Å²) >= 11 is 5.68. The minimum atomic E-state index is -0.719. The number of amides is 1. The van der Waals surface area contributed by atoms with Gasteiger partial charge in [-0.3, -0.25) is 14.7 Å². The van der Waals surface area contributed by atoms with Crippen LogP contribution in [0.5, 0.6) is 0 Å². The minimum Gasteiger partial charge on any atom is -0.271 e. The van der Waals surface area contributed by atoms with Crippen molar-refractivity contribution in [2.75, 3.05) is 0 Å². The second-order valence-corrected chi connectivity index (χ2v) is 7.70. The molecule has 6 heteroatoms.